The van der Waals surface area contributed by atoms with Gasteiger partial charge < -0.3 is 15.5 Å². The predicted octanol–water partition coefficient (Wildman–Crippen LogP) is 0.0531. The Balaban J connectivity index is 1.12. The summed E-state index contributed by atoms with van der Waals surface area (Å²) in [6.07, 6.45) is 2.47. The number of rotatable bonds is 6. The third kappa shape index (κ3) is 3.28. The molecule has 1 aromatic carbocycles. The summed E-state index contributed by atoms with van der Waals surface area (Å²) in [4.78, 5) is 32.1. The van der Waals surface area contributed by atoms with Gasteiger partial charge in [-0.25, -0.2) is 0 Å². The molecule has 3 aliphatic heterocycles. The zero-order valence-corrected chi connectivity index (χ0v) is 18.9. The standard InChI is InChI=1S/C23H27N9O2/c1-12(13-3-2-4-14(5-13)21-26-28-29-27-21)31-17-8-20(23(31)34)30(10-17)11-18(25)22(33)32-16(9-24)6-15-7-19(15)32/h2-5,12,15-20H,6-8,10-11,25H2,1H3,(H,26,27,28,29)/t12-,15-,16+,17?,18+,19+,20+/m1/s1. The normalized spacial score (nSPS) is 31.4. The third-order valence-corrected chi connectivity index (χ3v) is 7.96. The number of nitriles is 1. The summed E-state index contributed by atoms with van der Waals surface area (Å²) >= 11 is 0. The number of nitrogens with two attached hydrogens (primary N) is 1. The highest BCUT2D eigenvalue weighted by Gasteiger charge is 2.56. The molecule has 3 saturated heterocycles. The van der Waals surface area contributed by atoms with Gasteiger partial charge in [0.15, 0.2) is 0 Å². The van der Waals surface area contributed by atoms with Gasteiger partial charge in [0, 0.05) is 30.7 Å². The van der Waals surface area contributed by atoms with Gasteiger partial charge in [-0.3, -0.25) is 14.5 Å². The van der Waals surface area contributed by atoms with E-state index < -0.39 is 6.04 Å². The van der Waals surface area contributed by atoms with Crippen molar-refractivity contribution in [3.05, 3.63) is 29.8 Å². The van der Waals surface area contributed by atoms with Crippen molar-refractivity contribution >= 4 is 11.8 Å². The summed E-state index contributed by atoms with van der Waals surface area (Å²) in [6, 6.07) is 8.92. The van der Waals surface area contributed by atoms with E-state index in [-0.39, 0.29) is 42.0 Å². The first-order valence-electron chi connectivity index (χ1n) is 11.8. The molecule has 4 fully saturated rings. The zero-order valence-electron chi connectivity index (χ0n) is 18.9. The van der Waals surface area contributed by atoms with E-state index in [4.69, 9.17) is 5.73 Å². The van der Waals surface area contributed by atoms with Gasteiger partial charge >= 0.3 is 0 Å². The van der Waals surface area contributed by atoms with Crippen molar-refractivity contribution in [2.24, 2.45) is 11.7 Å². The van der Waals surface area contributed by atoms with Gasteiger partial charge in [0.2, 0.25) is 17.6 Å². The third-order valence-electron chi connectivity index (χ3n) is 7.96. The van der Waals surface area contributed by atoms with Gasteiger partial charge in [-0.2, -0.15) is 10.5 Å². The molecular formula is C23H27N9O2. The molecular weight excluding hydrogens is 434 g/mol. The second-order valence-corrected chi connectivity index (χ2v) is 9.94. The van der Waals surface area contributed by atoms with Crippen LogP contribution < -0.4 is 5.73 Å². The number of carbonyl (C=O) groups excluding carboxylic acids is 2. The second kappa shape index (κ2) is 7.85. The number of piperidine rings is 1. The number of hydrogen-bond acceptors (Lipinski definition) is 8. The Morgan fingerprint density at radius 1 is 1.35 bits per heavy atom. The maximum absolute atomic E-state index is 13.3. The van der Waals surface area contributed by atoms with E-state index in [0.29, 0.717) is 24.8 Å². The van der Waals surface area contributed by atoms with Crippen LogP contribution in [0.1, 0.15) is 37.8 Å². The van der Waals surface area contributed by atoms with E-state index in [2.05, 4.69) is 31.6 Å². The number of nitrogens with zero attached hydrogens (tertiary/aromatic N) is 7. The van der Waals surface area contributed by atoms with E-state index in [9.17, 15) is 14.9 Å². The molecule has 11 heteroatoms. The van der Waals surface area contributed by atoms with E-state index in [1.807, 2.05) is 36.1 Å². The summed E-state index contributed by atoms with van der Waals surface area (Å²) in [5.74, 6) is 0.892. The Morgan fingerprint density at radius 2 is 2.21 bits per heavy atom. The number of H-pyrrole nitrogens is 1. The first kappa shape index (κ1) is 21.2. The molecule has 11 nitrogen and oxygen atoms in total. The van der Waals surface area contributed by atoms with Crippen molar-refractivity contribution in [1.82, 2.24) is 35.3 Å². The minimum atomic E-state index is -0.722. The minimum Gasteiger partial charge on any atom is -0.330 e. The molecule has 1 aliphatic carbocycles. The number of carbonyl (C=O) groups is 2. The average molecular weight is 462 g/mol. The maximum Gasteiger partial charge on any atom is 0.242 e. The van der Waals surface area contributed by atoms with Gasteiger partial charge in [0.25, 0.3) is 0 Å². The number of nitrogens with one attached hydrogen (secondary N) is 1. The van der Waals surface area contributed by atoms with Gasteiger partial charge in [-0.1, -0.05) is 18.2 Å². The van der Waals surface area contributed by atoms with Crippen LogP contribution in [-0.2, 0) is 9.59 Å². The van der Waals surface area contributed by atoms with Crippen molar-refractivity contribution < 1.29 is 9.59 Å². The van der Waals surface area contributed by atoms with Crippen molar-refractivity contribution in [2.75, 3.05) is 13.1 Å². The summed E-state index contributed by atoms with van der Waals surface area (Å²) in [5.41, 5.74) is 8.17. The first-order chi connectivity index (χ1) is 16.5. The highest BCUT2D eigenvalue weighted by atomic mass is 16.2. The molecule has 7 atom stereocenters. The van der Waals surface area contributed by atoms with Gasteiger partial charge in [0.1, 0.15) is 6.04 Å². The molecule has 2 amide bonds. The number of aromatic nitrogens is 4. The number of amides is 2. The molecule has 176 valence electrons. The Bertz CT molecular complexity index is 1160. The number of likely N-dealkylation sites (tertiary alicyclic amines) is 3. The highest BCUT2D eigenvalue weighted by molar-refractivity contribution is 5.87. The van der Waals surface area contributed by atoms with Crippen molar-refractivity contribution in [1.29, 1.82) is 5.26 Å². The fourth-order valence-electron chi connectivity index (χ4n) is 6.19. The lowest BCUT2D eigenvalue weighted by Gasteiger charge is -2.38. The molecule has 0 radical (unpaired) electrons. The topological polar surface area (TPSA) is 148 Å². The van der Waals surface area contributed by atoms with E-state index >= 15 is 0 Å². The second-order valence-electron chi connectivity index (χ2n) is 9.94. The van der Waals surface area contributed by atoms with Gasteiger partial charge in [-0.05, 0) is 48.9 Å². The Labute approximate surface area is 196 Å². The molecule has 1 aromatic heterocycles. The van der Waals surface area contributed by atoms with E-state index in [1.54, 1.807) is 4.90 Å². The number of hydrogen-bond donors (Lipinski definition) is 2. The smallest absolute Gasteiger partial charge is 0.242 e. The van der Waals surface area contributed by atoms with Crippen molar-refractivity contribution in [3.63, 3.8) is 0 Å². The molecule has 1 saturated carbocycles. The fourth-order valence-corrected chi connectivity index (χ4v) is 6.19. The molecule has 0 spiro atoms. The van der Waals surface area contributed by atoms with Crippen LogP contribution in [-0.4, -0.2) is 90.4 Å². The molecule has 4 heterocycles. The lowest BCUT2D eigenvalue weighted by Crippen LogP contribution is -2.57. The Hall–Kier alpha value is -3.36. The van der Waals surface area contributed by atoms with Crippen molar-refractivity contribution in [3.8, 4) is 17.5 Å². The molecule has 2 aromatic rings. The summed E-state index contributed by atoms with van der Waals surface area (Å²) in [6.45, 7) is 3.07. The predicted molar refractivity (Wildman–Crippen MR) is 119 cm³/mol. The number of fused-ring (bicyclic) bond motifs is 3. The lowest BCUT2D eigenvalue weighted by molar-refractivity contribution is -0.141. The van der Waals surface area contributed by atoms with Gasteiger partial charge in [0.05, 0.1) is 24.2 Å². The Kier molecular flexibility index (Phi) is 4.89. The highest BCUT2D eigenvalue weighted by Crippen LogP contribution is 2.48. The van der Waals surface area contributed by atoms with Crippen LogP contribution in [0, 0.1) is 17.2 Å². The molecule has 6 rings (SSSR count). The monoisotopic (exact) mass is 461 g/mol. The summed E-state index contributed by atoms with van der Waals surface area (Å²) in [5, 5.41) is 23.6. The molecule has 1 unspecified atom stereocenters. The first-order valence-corrected chi connectivity index (χ1v) is 11.8. The van der Waals surface area contributed by atoms with Crippen LogP contribution in [0.3, 0.4) is 0 Å². The zero-order chi connectivity index (χ0) is 23.6. The number of piperazine rings is 1. The number of aromatic amines is 1. The molecule has 4 aliphatic rings. The van der Waals surface area contributed by atoms with Crippen LogP contribution in [0.15, 0.2) is 24.3 Å². The van der Waals surface area contributed by atoms with Crippen LogP contribution >= 0.6 is 0 Å². The van der Waals surface area contributed by atoms with Gasteiger partial charge in [-0.15, -0.1) is 10.2 Å². The fraction of sp³-hybridized carbons (Fsp3) is 0.565. The quantitative estimate of drug-likeness (QED) is 0.613. The molecule has 2 bridgehead atoms. The summed E-state index contributed by atoms with van der Waals surface area (Å²) in [7, 11) is 0. The van der Waals surface area contributed by atoms with Crippen LogP contribution in [0.5, 0.6) is 0 Å². The largest absolute Gasteiger partial charge is 0.330 e. The van der Waals surface area contributed by atoms with Crippen LogP contribution in [0.2, 0.25) is 0 Å². The molecule has 3 N–H and O–H groups in total. The minimum absolute atomic E-state index is 0.0756. The number of benzene rings is 1. The average Bonchev–Trinajstić information content (AvgIpc) is 3.28. The molecule has 34 heavy (non-hydrogen) atoms. The maximum atomic E-state index is 13.3. The van der Waals surface area contributed by atoms with Crippen LogP contribution in [0.4, 0.5) is 0 Å². The number of tetrazole rings is 1. The lowest BCUT2D eigenvalue weighted by atomic mass is 10.0. The van der Waals surface area contributed by atoms with Crippen molar-refractivity contribution in [2.45, 2.75) is 62.4 Å². The van der Waals surface area contributed by atoms with Crippen LogP contribution in [0.25, 0.3) is 11.4 Å². The summed E-state index contributed by atoms with van der Waals surface area (Å²) < 4.78 is 0. The SMILES string of the molecule is C[C@H](c1cccc(-c2nn[nH]n2)c1)N1C(=O)[C@@H]2CC1CN2C[C@H](N)C(=O)N1[C@H](C#N)C[C@@H]2C[C@@H]21. The Morgan fingerprint density at radius 3 is 2.94 bits per heavy atom. The van der Waals surface area contributed by atoms with E-state index in [0.717, 1.165) is 30.4 Å². The van der Waals surface area contributed by atoms with E-state index in [1.165, 1.54) is 0 Å².